The number of carbonyl (C=O) groups is 2. The summed E-state index contributed by atoms with van der Waals surface area (Å²) >= 11 is 0. The third kappa shape index (κ3) is 4.00. The summed E-state index contributed by atoms with van der Waals surface area (Å²) in [7, 11) is 1.54. The second-order valence-electron chi connectivity index (χ2n) is 7.11. The molecule has 0 aliphatic rings. The van der Waals surface area contributed by atoms with Crippen molar-refractivity contribution in [3.05, 3.63) is 75.8 Å². The van der Waals surface area contributed by atoms with Crippen LogP contribution in [0.4, 0.5) is 0 Å². The maximum atomic E-state index is 12.4. The molecule has 0 saturated heterocycles. The third-order valence-corrected chi connectivity index (χ3v) is 5.25. The zero-order chi connectivity index (χ0) is 22.0. The number of rotatable bonds is 5. The summed E-state index contributed by atoms with van der Waals surface area (Å²) in [6.45, 7) is 1.82. The standard InChI is InChI=1S/C23H21N3O5/c1-13-15-8-7-14(30-2)11-20(15)31-23(29)16(13)9-10-21(27)25-26-22(28)18-12-24-19-6-4-3-5-17(18)19/h3-8,11-12,24H,9-10H2,1-2H3,(H,25,27)(H,26,28). The van der Waals surface area contributed by atoms with Gasteiger partial charge < -0.3 is 14.1 Å². The molecule has 2 aromatic heterocycles. The minimum Gasteiger partial charge on any atom is -0.497 e. The average molecular weight is 419 g/mol. The Bertz CT molecular complexity index is 1350. The van der Waals surface area contributed by atoms with Crippen molar-refractivity contribution in [1.29, 1.82) is 0 Å². The summed E-state index contributed by atoms with van der Waals surface area (Å²) in [4.78, 5) is 40.0. The highest BCUT2D eigenvalue weighted by Gasteiger charge is 2.15. The van der Waals surface area contributed by atoms with Crippen molar-refractivity contribution < 1.29 is 18.7 Å². The van der Waals surface area contributed by atoms with Crippen molar-refractivity contribution in [3.63, 3.8) is 0 Å². The first kappa shape index (κ1) is 20.2. The highest BCUT2D eigenvalue weighted by molar-refractivity contribution is 6.07. The zero-order valence-electron chi connectivity index (χ0n) is 17.1. The molecule has 0 spiro atoms. The van der Waals surface area contributed by atoms with Crippen LogP contribution in [0, 0.1) is 6.92 Å². The molecular weight excluding hydrogens is 398 g/mol. The van der Waals surface area contributed by atoms with Crippen LogP contribution in [0.25, 0.3) is 21.9 Å². The van der Waals surface area contributed by atoms with Gasteiger partial charge in [-0.2, -0.15) is 0 Å². The molecule has 0 aliphatic carbocycles. The molecule has 2 heterocycles. The number of benzene rings is 2. The monoisotopic (exact) mass is 419 g/mol. The number of carbonyl (C=O) groups excluding carboxylic acids is 2. The molecule has 8 heteroatoms. The molecule has 0 radical (unpaired) electrons. The summed E-state index contributed by atoms with van der Waals surface area (Å²) in [5.41, 5.74) is 7.18. The van der Waals surface area contributed by atoms with Crippen LogP contribution in [0.15, 0.2) is 57.9 Å². The van der Waals surface area contributed by atoms with Crippen LogP contribution < -0.4 is 21.2 Å². The lowest BCUT2D eigenvalue weighted by atomic mass is 10.0. The van der Waals surface area contributed by atoms with Gasteiger partial charge in [-0.3, -0.25) is 20.4 Å². The van der Waals surface area contributed by atoms with Gasteiger partial charge in [0, 0.05) is 40.5 Å². The van der Waals surface area contributed by atoms with E-state index >= 15 is 0 Å². The predicted octanol–water partition coefficient (Wildman–Crippen LogP) is 2.99. The van der Waals surface area contributed by atoms with Crippen LogP contribution in [0.5, 0.6) is 5.75 Å². The Morgan fingerprint density at radius 3 is 2.71 bits per heavy atom. The number of nitrogens with one attached hydrogen (secondary N) is 3. The normalized spacial score (nSPS) is 10.9. The van der Waals surface area contributed by atoms with E-state index in [2.05, 4.69) is 15.8 Å². The Kier molecular flexibility index (Phi) is 5.44. The van der Waals surface area contributed by atoms with E-state index < -0.39 is 17.4 Å². The topological polar surface area (TPSA) is 113 Å². The fraction of sp³-hybridized carbons (Fsp3) is 0.174. The van der Waals surface area contributed by atoms with Crippen LogP contribution in [0.2, 0.25) is 0 Å². The SMILES string of the molecule is COc1ccc2c(C)c(CCC(=O)NNC(=O)c3c[nH]c4ccccc34)c(=O)oc2c1. The summed E-state index contributed by atoms with van der Waals surface area (Å²) in [6.07, 6.45) is 1.79. The van der Waals surface area contributed by atoms with Gasteiger partial charge in [-0.1, -0.05) is 18.2 Å². The summed E-state index contributed by atoms with van der Waals surface area (Å²) in [5, 5.41) is 1.54. The number of para-hydroxylation sites is 1. The quantitative estimate of drug-likeness (QED) is 0.340. The number of hydrazine groups is 1. The molecule has 4 rings (SSSR count). The summed E-state index contributed by atoms with van der Waals surface area (Å²) in [6, 6.07) is 12.6. The van der Waals surface area contributed by atoms with Crippen LogP contribution >= 0.6 is 0 Å². The molecule has 0 atom stereocenters. The first-order valence-corrected chi connectivity index (χ1v) is 9.73. The molecule has 158 valence electrons. The third-order valence-electron chi connectivity index (χ3n) is 5.25. The van der Waals surface area contributed by atoms with Gasteiger partial charge >= 0.3 is 5.63 Å². The van der Waals surface area contributed by atoms with Crippen molar-refractivity contribution in [2.24, 2.45) is 0 Å². The summed E-state index contributed by atoms with van der Waals surface area (Å²) in [5.74, 6) is -0.254. The zero-order valence-corrected chi connectivity index (χ0v) is 17.1. The fourth-order valence-electron chi connectivity index (χ4n) is 3.54. The fourth-order valence-corrected chi connectivity index (χ4v) is 3.54. The van der Waals surface area contributed by atoms with E-state index in [4.69, 9.17) is 9.15 Å². The van der Waals surface area contributed by atoms with E-state index in [1.807, 2.05) is 37.3 Å². The molecular formula is C23H21N3O5. The molecule has 4 aromatic rings. The van der Waals surface area contributed by atoms with Crippen LogP contribution in [-0.4, -0.2) is 23.9 Å². The number of aromatic amines is 1. The molecule has 0 aliphatic heterocycles. The Balaban J connectivity index is 1.41. The molecule has 31 heavy (non-hydrogen) atoms. The number of methoxy groups -OCH3 is 1. The van der Waals surface area contributed by atoms with E-state index in [-0.39, 0.29) is 12.8 Å². The van der Waals surface area contributed by atoms with Crippen molar-refractivity contribution in [2.45, 2.75) is 19.8 Å². The highest BCUT2D eigenvalue weighted by Crippen LogP contribution is 2.24. The molecule has 0 fully saturated rings. The lowest BCUT2D eigenvalue weighted by Crippen LogP contribution is -2.41. The van der Waals surface area contributed by atoms with Gasteiger partial charge in [0.05, 0.1) is 12.7 Å². The largest absolute Gasteiger partial charge is 0.497 e. The van der Waals surface area contributed by atoms with Crippen LogP contribution in [0.3, 0.4) is 0 Å². The van der Waals surface area contributed by atoms with Gasteiger partial charge in [-0.15, -0.1) is 0 Å². The number of aryl methyl sites for hydroxylation is 1. The molecule has 3 N–H and O–H groups in total. The lowest BCUT2D eigenvalue weighted by Gasteiger charge is -2.10. The maximum absolute atomic E-state index is 12.4. The molecule has 0 bridgehead atoms. The molecule has 2 aromatic carbocycles. The van der Waals surface area contributed by atoms with Gasteiger partial charge in [-0.25, -0.2) is 4.79 Å². The smallest absolute Gasteiger partial charge is 0.339 e. The van der Waals surface area contributed by atoms with Gasteiger partial charge in [0.2, 0.25) is 5.91 Å². The number of amides is 2. The van der Waals surface area contributed by atoms with E-state index in [0.29, 0.717) is 22.5 Å². The molecule has 8 nitrogen and oxygen atoms in total. The first-order chi connectivity index (χ1) is 15.0. The van der Waals surface area contributed by atoms with E-state index in [0.717, 1.165) is 21.9 Å². The van der Waals surface area contributed by atoms with Gasteiger partial charge in [-0.05, 0) is 37.1 Å². The lowest BCUT2D eigenvalue weighted by molar-refractivity contribution is -0.121. The predicted molar refractivity (Wildman–Crippen MR) is 116 cm³/mol. The number of H-pyrrole nitrogens is 1. The minimum atomic E-state index is -0.492. The molecule has 2 amide bonds. The van der Waals surface area contributed by atoms with E-state index in [1.165, 1.54) is 7.11 Å². The highest BCUT2D eigenvalue weighted by atomic mass is 16.5. The first-order valence-electron chi connectivity index (χ1n) is 9.73. The minimum absolute atomic E-state index is 0.0153. The van der Waals surface area contributed by atoms with Crippen molar-refractivity contribution in [1.82, 2.24) is 15.8 Å². The Morgan fingerprint density at radius 2 is 1.90 bits per heavy atom. The number of ether oxygens (including phenoxy) is 1. The number of hydrogen-bond donors (Lipinski definition) is 3. The second-order valence-corrected chi connectivity index (χ2v) is 7.11. The van der Waals surface area contributed by atoms with E-state index in [1.54, 1.807) is 18.3 Å². The van der Waals surface area contributed by atoms with Crippen LogP contribution in [0.1, 0.15) is 27.9 Å². The van der Waals surface area contributed by atoms with Crippen molar-refractivity contribution in [2.75, 3.05) is 7.11 Å². The Labute approximate surface area is 177 Å². The Hall–Kier alpha value is -4.07. The van der Waals surface area contributed by atoms with Gasteiger partial charge in [0.15, 0.2) is 0 Å². The average Bonchev–Trinajstić information content (AvgIpc) is 3.21. The molecule has 0 saturated carbocycles. The maximum Gasteiger partial charge on any atom is 0.339 e. The van der Waals surface area contributed by atoms with Crippen molar-refractivity contribution in [3.8, 4) is 5.75 Å². The van der Waals surface area contributed by atoms with Crippen LogP contribution in [-0.2, 0) is 11.2 Å². The van der Waals surface area contributed by atoms with Gasteiger partial charge in [0.1, 0.15) is 11.3 Å². The second kappa shape index (κ2) is 8.35. The number of fused-ring (bicyclic) bond motifs is 2. The van der Waals surface area contributed by atoms with E-state index in [9.17, 15) is 14.4 Å². The number of hydrogen-bond acceptors (Lipinski definition) is 5. The summed E-state index contributed by atoms with van der Waals surface area (Å²) < 4.78 is 10.6. The van der Waals surface area contributed by atoms with Gasteiger partial charge in [0.25, 0.3) is 5.91 Å². The van der Waals surface area contributed by atoms with Crippen molar-refractivity contribution >= 4 is 33.7 Å². The Morgan fingerprint density at radius 1 is 1.10 bits per heavy atom. The molecule has 0 unspecified atom stereocenters. The number of aromatic nitrogens is 1.